The summed E-state index contributed by atoms with van der Waals surface area (Å²) in [6.45, 7) is 0.258. The second kappa shape index (κ2) is 6.59. The van der Waals surface area contributed by atoms with Gasteiger partial charge in [-0.25, -0.2) is 13.2 Å². The summed E-state index contributed by atoms with van der Waals surface area (Å²) in [6, 6.07) is 12.0. The van der Waals surface area contributed by atoms with Crippen molar-refractivity contribution in [3.63, 3.8) is 0 Å². The molecule has 2 rings (SSSR count). The van der Waals surface area contributed by atoms with Gasteiger partial charge in [-0.2, -0.15) is 0 Å². The number of sulfonamides is 1. The maximum Gasteiger partial charge on any atom is 0.335 e. The van der Waals surface area contributed by atoms with Crippen molar-refractivity contribution < 1.29 is 23.1 Å². The van der Waals surface area contributed by atoms with Crippen LogP contribution in [0.15, 0.2) is 53.4 Å². The molecule has 0 fully saturated rings. The minimum Gasteiger partial charge on any atom is -0.478 e. The van der Waals surface area contributed by atoms with Gasteiger partial charge in [-0.3, -0.25) is 4.72 Å². The number of para-hydroxylation sites is 1. The van der Waals surface area contributed by atoms with Crippen LogP contribution in [0.25, 0.3) is 0 Å². The number of nitrogens with one attached hydrogen (secondary N) is 1. The molecule has 0 heterocycles. The molecule has 116 valence electrons. The Bertz CT molecular complexity index is 786. The van der Waals surface area contributed by atoms with Crippen LogP contribution < -0.4 is 4.72 Å². The van der Waals surface area contributed by atoms with E-state index in [0.717, 1.165) is 6.07 Å². The van der Waals surface area contributed by atoms with Crippen molar-refractivity contribution in [1.82, 2.24) is 0 Å². The van der Waals surface area contributed by atoms with Crippen LogP contribution in [0.1, 0.15) is 15.9 Å². The number of ether oxygens (including phenoxy) is 1. The highest BCUT2D eigenvalue weighted by Crippen LogP contribution is 2.21. The van der Waals surface area contributed by atoms with Crippen molar-refractivity contribution in [2.24, 2.45) is 0 Å². The molecule has 0 spiro atoms. The first-order valence-corrected chi connectivity index (χ1v) is 7.85. The molecular formula is C15H15NO5S. The smallest absolute Gasteiger partial charge is 0.335 e. The van der Waals surface area contributed by atoms with Gasteiger partial charge in [0.25, 0.3) is 10.0 Å². The number of carboxylic acids is 1. The zero-order valence-corrected chi connectivity index (χ0v) is 12.6. The van der Waals surface area contributed by atoms with E-state index in [-0.39, 0.29) is 17.1 Å². The number of anilines is 1. The topological polar surface area (TPSA) is 92.7 Å². The molecule has 0 aliphatic heterocycles. The Balaban J connectivity index is 2.36. The standard InChI is InChI=1S/C15H15NO5S/c1-21-10-12-5-2-3-8-14(12)16-22(19,20)13-7-4-6-11(9-13)15(17)18/h2-9,16H,10H2,1H3,(H,17,18). The van der Waals surface area contributed by atoms with Gasteiger partial charge in [0, 0.05) is 12.7 Å². The van der Waals surface area contributed by atoms with Crippen molar-refractivity contribution >= 4 is 21.7 Å². The molecule has 0 saturated carbocycles. The molecule has 2 aromatic carbocycles. The minimum absolute atomic E-state index is 0.0898. The van der Waals surface area contributed by atoms with Gasteiger partial charge in [0.05, 0.1) is 22.8 Å². The van der Waals surface area contributed by atoms with Crippen molar-refractivity contribution in [2.45, 2.75) is 11.5 Å². The van der Waals surface area contributed by atoms with Gasteiger partial charge in [-0.15, -0.1) is 0 Å². The molecule has 0 aliphatic rings. The van der Waals surface area contributed by atoms with Crippen molar-refractivity contribution in [2.75, 3.05) is 11.8 Å². The van der Waals surface area contributed by atoms with E-state index in [1.165, 1.54) is 25.3 Å². The molecule has 0 aliphatic carbocycles. The first kappa shape index (κ1) is 16.0. The molecule has 0 unspecified atom stereocenters. The maximum absolute atomic E-state index is 12.4. The lowest BCUT2D eigenvalue weighted by Gasteiger charge is -2.12. The third-order valence-electron chi connectivity index (χ3n) is 2.95. The van der Waals surface area contributed by atoms with E-state index in [1.807, 2.05) is 0 Å². The number of carbonyl (C=O) groups is 1. The Hall–Kier alpha value is -2.38. The van der Waals surface area contributed by atoms with Crippen LogP contribution >= 0.6 is 0 Å². The van der Waals surface area contributed by atoms with Gasteiger partial charge in [-0.1, -0.05) is 24.3 Å². The van der Waals surface area contributed by atoms with E-state index in [0.29, 0.717) is 11.3 Å². The lowest BCUT2D eigenvalue weighted by atomic mass is 10.2. The van der Waals surface area contributed by atoms with Crippen LogP contribution in [0, 0.1) is 0 Å². The highest BCUT2D eigenvalue weighted by molar-refractivity contribution is 7.92. The molecule has 0 amide bonds. The zero-order chi connectivity index (χ0) is 16.2. The van der Waals surface area contributed by atoms with E-state index in [4.69, 9.17) is 9.84 Å². The van der Waals surface area contributed by atoms with Gasteiger partial charge in [0.1, 0.15) is 0 Å². The fraction of sp³-hybridized carbons (Fsp3) is 0.133. The first-order valence-electron chi connectivity index (χ1n) is 6.37. The predicted octanol–water partition coefficient (Wildman–Crippen LogP) is 2.33. The Morgan fingerprint density at radius 2 is 1.91 bits per heavy atom. The quantitative estimate of drug-likeness (QED) is 0.852. The van der Waals surface area contributed by atoms with E-state index in [2.05, 4.69) is 4.72 Å². The summed E-state index contributed by atoms with van der Waals surface area (Å²) in [4.78, 5) is 10.8. The average Bonchev–Trinajstić information content (AvgIpc) is 2.49. The van der Waals surface area contributed by atoms with E-state index < -0.39 is 16.0 Å². The molecule has 0 aromatic heterocycles. The third kappa shape index (κ3) is 3.63. The van der Waals surface area contributed by atoms with Crippen LogP contribution in [0.4, 0.5) is 5.69 Å². The largest absolute Gasteiger partial charge is 0.478 e. The molecule has 0 saturated heterocycles. The Morgan fingerprint density at radius 1 is 1.18 bits per heavy atom. The van der Waals surface area contributed by atoms with Crippen LogP contribution in [0.5, 0.6) is 0 Å². The Kier molecular flexibility index (Phi) is 4.79. The van der Waals surface area contributed by atoms with Crippen molar-refractivity contribution in [1.29, 1.82) is 0 Å². The molecule has 2 aromatic rings. The second-order valence-electron chi connectivity index (χ2n) is 4.53. The van der Waals surface area contributed by atoms with Gasteiger partial charge in [-0.05, 0) is 24.3 Å². The lowest BCUT2D eigenvalue weighted by molar-refractivity contribution is 0.0696. The van der Waals surface area contributed by atoms with Gasteiger partial charge >= 0.3 is 5.97 Å². The van der Waals surface area contributed by atoms with Crippen LogP contribution in [-0.4, -0.2) is 26.6 Å². The summed E-state index contributed by atoms with van der Waals surface area (Å²) in [5.41, 5.74) is 0.987. The number of rotatable bonds is 6. The predicted molar refractivity (Wildman–Crippen MR) is 81.4 cm³/mol. The van der Waals surface area contributed by atoms with Crippen molar-refractivity contribution in [3.8, 4) is 0 Å². The summed E-state index contributed by atoms with van der Waals surface area (Å²) in [7, 11) is -2.36. The summed E-state index contributed by atoms with van der Waals surface area (Å²) in [5.74, 6) is -1.18. The third-order valence-corrected chi connectivity index (χ3v) is 4.32. The highest BCUT2D eigenvalue weighted by Gasteiger charge is 2.17. The van der Waals surface area contributed by atoms with E-state index in [9.17, 15) is 13.2 Å². The highest BCUT2D eigenvalue weighted by atomic mass is 32.2. The summed E-state index contributed by atoms with van der Waals surface area (Å²) >= 11 is 0. The Morgan fingerprint density at radius 3 is 2.59 bits per heavy atom. The first-order chi connectivity index (χ1) is 10.4. The molecule has 7 heteroatoms. The molecule has 2 N–H and O–H groups in total. The van der Waals surface area contributed by atoms with Gasteiger partial charge in [0.15, 0.2) is 0 Å². The van der Waals surface area contributed by atoms with Gasteiger partial charge < -0.3 is 9.84 Å². The normalized spacial score (nSPS) is 11.1. The van der Waals surface area contributed by atoms with Crippen LogP contribution in [-0.2, 0) is 21.4 Å². The number of hydrogen-bond donors (Lipinski definition) is 2. The van der Waals surface area contributed by atoms with E-state index >= 15 is 0 Å². The number of aromatic carboxylic acids is 1. The van der Waals surface area contributed by atoms with Gasteiger partial charge in [0.2, 0.25) is 0 Å². The molecule has 0 atom stereocenters. The van der Waals surface area contributed by atoms with Crippen LogP contribution in [0.3, 0.4) is 0 Å². The second-order valence-corrected chi connectivity index (χ2v) is 6.21. The minimum atomic E-state index is -3.88. The summed E-state index contributed by atoms with van der Waals surface area (Å²) in [6.07, 6.45) is 0. The fourth-order valence-electron chi connectivity index (χ4n) is 1.90. The molecule has 22 heavy (non-hydrogen) atoms. The molecule has 6 nitrogen and oxygen atoms in total. The maximum atomic E-state index is 12.4. The summed E-state index contributed by atoms with van der Waals surface area (Å²) < 4.78 is 32.3. The molecule has 0 bridgehead atoms. The Labute approximate surface area is 128 Å². The molecular weight excluding hydrogens is 306 g/mol. The number of hydrogen-bond acceptors (Lipinski definition) is 4. The van der Waals surface area contributed by atoms with Crippen molar-refractivity contribution in [3.05, 3.63) is 59.7 Å². The average molecular weight is 321 g/mol. The van der Waals surface area contributed by atoms with E-state index in [1.54, 1.807) is 24.3 Å². The number of benzene rings is 2. The monoisotopic (exact) mass is 321 g/mol. The number of carboxylic acid groups (broad SMARTS) is 1. The number of methoxy groups -OCH3 is 1. The lowest BCUT2D eigenvalue weighted by Crippen LogP contribution is -2.15. The fourth-order valence-corrected chi connectivity index (χ4v) is 3.05. The SMILES string of the molecule is COCc1ccccc1NS(=O)(=O)c1cccc(C(=O)O)c1. The van der Waals surface area contributed by atoms with Crippen LogP contribution in [0.2, 0.25) is 0 Å². The molecule has 0 radical (unpaired) electrons. The summed E-state index contributed by atoms with van der Waals surface area (Å²) in [5, 5.41) is 8.95. The zero-order valence-electron chi connectivity index (χ0n) is 11.8.